The van der Waals surface area contributed by atoms with E-state index in [1.165, 1.54) is 18.2 Å². The summed E-state index contributed by atoms with van der Waals surface area (Å²) in [6.45, 7) is 0. The van der Waals surface area contributed by atoms with E-state index in [2.05, 4.69) is 5.43 Å². The molecule has 0 saturated heterocycles. The number of halogens is 3. The van der Waals surface area contributed by atoms with Gasteiger partial charge in [-0.05, 0) is 41.8 Å². The molecule has 0 bridgehead atoms. The minimum absolute atomic E-state index is 0.349. The Morgan fingerprint density at radius 3 is 2.42 bits per heavy atom. The first-order chi connectivity index (χ1) is 9.10. The van der Waals surface area contributed by atoms with Gasteiger partial charge in [-0.2, -0.15) is 0 Å². The van der Waals surface area contributed by atoms with Gasteiger partial charge in [0.05, 0.1) is 6.04 Å². The predicted molar refractivity (Wildman–Crippen MR) is 66.5 cm³/mol. The van der Waals surface area contributed by atoms with E-state index in [0.29, 0.717) is 17.5 Å². The van der Waals surface area contributed by atoms with Crippen molar-refractivity contribution in [3.63, 3.8) is 0 Å². The summed E-state index contributed by atoms with van der Waals surface area (Å²) in [4.78, 5) is 0. The van der Waals surface area contributed by atoms with Crippen LogP contribution >= 0.6 is 0 Å². The molecule has 2 nitrogen and oxygen atoms in total. The first kappa shape index (κ1) is 13.6. The zero-order chi connectivity index (χ0) is 13.8. The third-order valence-electron chi connectivity index (χ3n) is 2.88. The summed E-state index contributed by atoms with van der Waals surface area (Å²) in [6, 6.07) is 9.20. The number of hydrogen-bond donors (Lipinski definition) is 2. The van der Waals surface area contributed by atoms with Crippen molar-refractivity contribution in [1.29, 1.82) is 0 Å². The van der Waals surface area contributed by atoms with Gasteiger partial charge in [-0.15, -0.1) is 0 Å². The molecule has 1 atom stereocenters. The SMILES string of the molecule is NNC(Cc1cccc(F)c1)c1ccc(F)c(F)c1. The first-order valence-electron chi connectivity index (χ1n) is 5.75. The van der Waals surface area contributed by atoms with Crippen molar-refractivity contribution in [2.75, 3.05) is 0 Å². The van der Waals surface area contributed by atoms with E-state index in [1.54, 1.807) is 12.1 Å². The average Bonchev–Trinajstić information content (AvgIpc) is 2.39. The van der Waals surface area contributed by atoms with Crippen molar-refractivity contribution in [1.82, 2.24) is 5.43 Å². The van der Waals surface area contributed by atoms with E-state index in [9.17, 15) is 13.2 Å². The molecule has 0 amide bonds. The van der Waals surface area contributed by atoms with Gasteiger partial charge in [-0.1, -0.05) is 18.2 Å². The van der Waals surface area contributed by atoms with Crippen molar-refractivity contribution in [3.05, 3.63) is 71.0 Å². The van der Waals surface area contributed by atoms with Crippen molar-refractivity contribution in [2.24, 2.45) is 5.84 Å². The molecule has 1 unspecified atom stereocenters. The third kappa shape index (κ3) is 3.33. The van der Waals surface area contributed by atoms with Crippen molar-refractivity contribution in [3.8, 4) is 0 Å². The van der Waals surface area contributed by atoms with Crippen LogP contribution in [0.5, 0.6) is 0 Å². The quantitative estimate of drug-likeness (QED) is 0.659. The molecular weight excluding hydrogens is 253 g/mol. The van der Waals surface area contributed by atoms with Crippen LogP contribution in [0.1, 0.15) is 17.2 Å². The number of hydrogen-bond acceptors (Lipinski definition) is 2. The molecule has 19 heavy (non-hydrogen) atoms. The van der Waals surface area contributed by atoms with Crippen molar-refractivity contribution in [2.45, 2.75) is 12.5 Å². The standard InChI is InChI=1S/C14H13F3N2/c15-11-3-1-2-9(6-11)7-14(19-18)10-4-5-12(16)13(17)8-10/h1-6,8,14,19H,7,18H2. The Balaban J connectivity index is 2.22. The molecule has 100 valence electrons. The lowest BCUT2D eigenvalue weighted by atomic mass is 9.99. The molecule has 3 N–H and O–H groups in total. The Morgan fingerprint density at radius 1 is 1.00 bits per heavy atom. The molecule has 0 radical (unpaired) electrons. The predicted octanol–water partition coefficient (Wildman–Crippen LogP) is 2.85. The van der Waals surface area contributed by atoms with Gasteiger partial charge in [0.1, 0.15) is 5.82 Å². The Kier molecular flexibility index (Phi) is 4.19. The zero-order valence-electron chi connectivity index (χ0n) is 10.0. The maximum Gasteiger partial charge on any atom is 0.159 e. The summed E-state index contributed by atoms with van der Waals surface area (Å²) < 4.78 is 39.1. The van der Waals surface area contributed by atoms with Crippen LogP contribution in [0.3, 0.4) is 0 Å². The van der Waals surface area contributed by atoms with Crippen LogP contribution < -0.4 is 11.3 Å². The van der Waals surface area contributed by atoms with E-state index in [1.807, 2.05) is 0 Å². The zero-order valence-corrected chi connectivity index (χ0v) is 10.0. The molecule has 0 aliphatic rings. The molecule has 2 aromatic rings. The third-order valence-corrected chi connectivity index (χ3v) is 2.88. The Hall–Kier alpha value is -1.85. The molecule has 0 saturated carbocycles. The molecular formula is C14H13F3N2. The number of rotatable bonds is 4. The second-order valence-corrected chi connectivity index (χ2v) is 4.23. The molecule has 5 heteroatoms. The van der Waals surface area contributed by atoms with Gasteiger partial charge in [-0.3, -0.25) is 11.3 Å². The monoisotopic (exact) mass is 266 g/mol. The molecule has 0 aliphatic carbocycles. The van der Waals surface area contributed by atoms with E-state index < -0.39 is 17.7 Å². The minimum Gasteiger partial charge on any atom is -0.271 e. The average molecular weight is 266 g/mol. The van der Waals surface area contributed by atoms with E-state index in [0.717, 1.165) is 12.1 Å². The molecule has 0 aromatic heterocycles. The van der Waals surface area contributed by atoms with Crippen LogP contribution in [0.15, 0.2) is 42.5 Å². The van der Waals surface area contributed by atoms with Crippen LogP contribution in [-0.2, 0) is 6.42 Å². The summed E-state index contributed by atoms with van der Waals surface area (Å²) in [5.74, 6) is 3.23. The molecule has 2 aromatic carbocycles. The van der Waals surface area contributed by atoms with Crippen LogP contribution in [0.4, 0.5) is 13.2 Å². The summed E-state index contributed by atoms with van der Waals surface area (Å²) in [5.41, 5.74) is 3.74. The second-order valence-electron chi connectivity index (χ2n) is 4.23. The Bertz CT molecular complexity index is 572. The molecule has 2 rings (SSSR count). The Morgan fingerprint density at radius 2 is 1.79 bits per heavy atom. The minimum atomic E-state index is -0.933. The summed E-state index contributed by atoms with van der Waals surface area (Å²) in [7, 11) is 0. The van der Waals surface area contributed by atoms with Crippen LogP contribution in [0.2, 0.25) is 0 Å². The fourth-order valence-electron chi connectivity index (χ4n) is 1.90. The lowest BCUT2D eigenvalue weighted by Crippen LogP contribution is -2.29. The normalized spacial score (nSPS) is 12.4. The largest absolute Gasteiger partial charge is 0.271 e. The second kappa shape index (κ2) is 5.86. The fourth-order valence-corrected chi connectivity index (χ4v) is 1.90. The first-order valence-corrected chi connectivity index (χ1v) is 5.75. The highest BCUT2D eigenvalue weighted by atomic mass is 19.2. The van der Waals surface area contributed by atoms with Gasteiger partial charge in [0.25, 0.3) is 0 Å². The topological polar surface area (TPSA) is 38.0 Å². The highest BCUT2D eigenvalue weighted by Crippen LogP contribution is 2.20. The van der Waals surface area contributed by atoms with Gasteiger partial charge in [0, 0.05) is 0 Å². The van der Waals surface area contributed by atoms with Gasteiger partial charge in [-0.25, -0.2) is 13.2 Å². The number of hydrazine groups is 1. The number of nitrogens with two attached hydrogens (primary N) is 1. The molecule has 0 spiro atoms. The van der Waals surface area contributed by atoms with Gasteiger partial charge in [0.2, 0.25) is 0 Å². The highest BCUT2D eigenvalue weighted by Gasteiger charge is 2.13. The fraction of sp³-hybridized carbons (Fsp3) is 0.143. The summed E-state index contributed by atoms with van der Waals surface area (Å²) in [5, 5.41) is 0. The van der Waals surface area contributed by atoms with E-state index >= 15 is 0 Å². The van der Waals surface area contributed by atoms with Crippen LogP contribution in [0, 0.1) is 17.5 Å². The molecule has 0 fully saturated rings. The molecule has 0 aliphatic heterocycles. The lowest BCUT2D eigenvalue weighted by Gasteiger charge is -2.16. The summed E-state index contributed by atoms with van der Waals surface area (Å²) in [6.07, 6.45) is 0.374. The van der Waals surface area contributed by atoms with Crippen LogP contribution in [-0.4, -0.2) is 0 Å². The van der Waals surface area contributed by atoms with Gasteiger partial charge >= 0.3 is 0 Å². The van der Waals surface area contributed by atoms with Crippen LogP contribution in [0.25, 0.3) is 0 Å². The number of benzene rings is 2. The van der Waals surface area contributed by atoms with Gasteiger partial charge < -0.3 is 0 Å². The van der Waals surface area contributed by atoms with E-state index in [-0.39, 0.29) is 5.82 Å². The molecule has 0 heterocycles. The highest BCUT2D eigenvalue weighted by molar-refractivity contribution is 5.25. The lowest BCUT2D eigenvalue weighted by molar-refractivity contribution is 0.497. The van der Waals surface area contributed by atoms with Crippen molar-refractivity contribution < 1.29 is 13.2 Å². The number of nitrogens with one attached hydrogen (secondary N) is 1. The van der Waals surface area contributed by atoms with Crippen molar-refractivity contribution >= 4 is 0 Å². The van der Waals surface area contributed by atoms with E-state index in [4.69, 9.17) is 5.84 Å². The maximum absolute atomic E-state index is 13.2. The smallest absolute Gasteiger partial charge is 0.159 e. The summed E-state index contributed by atoms with van der Waals surface area (Å²) >= 11 is 0. The van der Waals surface area contributed by atoms with Gasteiger partial charge in [0.15, 0.2) is 11.6 Å². The Labute approximate surface area is 109 Å². The maximum atomic E-state index is 13.2.